The second-order valence-electron chi connectivity index (χ2n) is 7.50. The number of pyridine rings is 1. The van der Waals surface area contributed by atoms with Gasteiger partial charge in [0, 0.05) is 37.3 Å². The van der Waals surface area contributed by atoms with Gasteiger partial charge in [0.25, 0.3) is 5.91 Å². The Bertz CT molecular complexity index is 933. The van der Waals surface area contributed by atoms with E-state index in [0.29, 0.717) is 31.4 Å². The summed E-state index contributed by atoms with van der Waals surface area (Å²) >= 11 is 0. The normalized spacial score (nSPS) is 16.5. The minimum atomic E-state index is -1.02. The van der Waals surface area contributed by atoms with Crippen molar-refractivity contribution in [2.24, 2.45) is 0 Å². The van der Waals surface area contributed by atoms with Crippen LogP contribution in [-0.4, -0.2) is 57.2 Å². The first-order valence-corrected chi connectivity index (χ1v) is 10.3. The molecule has 2 atom stereocenters. The van der Waals surface area contributed by atoms with Crippen LogP contribution in [0.15, 0.2) is 54.9 Å². The van der Waals surface area contributed by atoms with Crippen LogP contribution in [-0.2, 0) is 20.8 Å². The van der Waals surface area contributed by atoms with E-state index >= 15 is 0 Å². The fourth-order valence-corrected chi connectivity index (χ4v) is 3.71. The third-order valence-corrected chi connectivity index (χ3v) is 5.36. The quantitative estimate of drug-likeness (QED) is 0.636. The summed E-state index contributed by atoms with van der Waals surface area (Å²) in [6.07, 6.45) is 4.19. The molecule has 1 aliphatic heterocycles. The largest absolute Gasteiger partial charge is 0.480 e. The van der Waals surface area contributed by atoms with Gasteiger partial charge in [0.15, 0.2) is 5.78 Å². The van der Waals surface area contributed by atoms with E-state index in [1.165, 1.54) is 17.3 Å². The smallest absolute Gasteiger partial charge is 0.326 e. The van der Waals surface area contributed by atoms with Crippen molar-refractivity contribution in [3.63, 3.8) is 0 Å². The fraction of sp³-hybridized carbons (Fsp3) is 0.348. The second-order valence-corrected chi connectivity index (χ2v) is 7.50. The SMILES string of the molecule is O=C(NC(Cc1ccccc1)C(=O)CCC(=O)N1CCC[C@H]1C(=O)O)c1ccncc1. The Morgan fingerprint density at radius 3 is 2.45 bits per heavy atom. The van der Waals surface area contributed by atoms with E-state index in [1.807, 2.05) is 30.3 Å². The summed E-state index contributed by atoms with van der Waals surface area (Å²) in [6.45, 7) is 0.385. The monoisotopic (exact) mass is 423 g/mol. The average Bonchev–Trinajstić information content (AvgIpc) is 3.28. The molecule has 0 saturated carbocycles. The van der Waals surface area contributed by atoms with E-state index < -0.39 is 24.0 Å². The highest BCUT2D eigenvalue weighted by atomic mass is 16.4. The van der Waals surface area contributed by atoms with Crippen LogP contribution in [0.3, 0.4) is 0 Å². The van der Waals surface area contributed by atoms with E-state index in [9.17, 15) is 24.3 Å². The maximum Gasteiger partial charge on any atom is 0.326 e. The molecule has 2 aromatic rings. The van der Waals surface area contributed by atoms with Crippen LogP contribution in [0.2, 0.25) is 0 Å². The Balaban J connectivity index is 1.66. The predicted octanol–water partition coefficient (Wildman–Crippen LogP) is 1.85. The van der Waals surface area contributed by atoms with Crippen LogP contribution in [0.5, 0.6) is 0 Å². The molecule has 31 heavy (non-hydrogen) atoms. The molecule has 1 fully saturated rings. The lowest BCUT2D eigenvalue weighted by atomic mass is 9.98. The first kappa shape index (κ1) is 22.1. The van der Waals surface area contributed by atoms with Crippen LogP contribution in [0.1, 0.15) is 41.6 Å². The molecule has 2 amide bonds. The lowest BCUT2D eigenvalue weighted by Crippen LogP contribution is -2.44. The maximum absolute atomic E-state index is 12.9. The second kappa shape index (κ2) is 10.5. The Morgan fingerprint density at radius 1 is 1.06 bits per heavy atom. The van der Waals surface area contributed by atoms with Crippen molar-refractivity contribution in [3.8, 4) is 0 Å². The number of carbonyl (C=O) groups is 4. The molecule has 0 aliphatic carbocycles. The summed E-state index contributed by atoms with van der Waals surface area (Å²) in [5, 5.41) is 12.0. The Labute approximate surface area is 180 Å². The number of Topliss-reactive ketones (excluding diaryl/α,β-unsaturated/α-hetero) is 1. The number of rotatable bonds is 9. The van der Waals surface area contributed by atoms with Crippen molar-refractivity contribution in [1.82, 2.24) is 15.2 Å². The summed E-state index contributed by atoms with van der Waals surface area (Å²) in [5.74, 6) is -2.04. The number of likely N-dealkylation sites (tertiary alicyclic amines) is 1. The highest BCUT2D eigenvalue weighted by Crippen LogP contribution is 2.19. The number of hydrogen-bond donors (Lipinski definition) is 2. The molecule has 1 aromatic carbocycles. The maximum atomic E-state index is 12.9. The minimum Gasteiger partial charge on any atom is -0.480 e. The summed E-state index contributed by atoms with van der Waals surface area (Å²) in [6, 6.07) is 10.8. The van der Waals surface area contributed by atoms with E-state index in [0.717, 1.165) is 5.56 Å². The van der Waals surface area contributed by atoms with Gasteiger partial charge < -0.3 is 15.3 Å². The zero-order valence-corrected chi connectivity index (χ0v) is 17.1. The van der Waals surface area contributed by atoms with Crippen molar-refractivity contribution >= 4 is 23.6 Å². The number of hydrogen-bond acceptors (Lipinski definition) is 5. The molecular formula is C23H25N3O5. The van der Waals surface area contributed by atoms with Crippen LogP contribution in [0.4, 0.5) is 0 Å². The first-order valence-electron chi connectivity index (χ1n) is 10.3. The summed E-state index contributed by atoms with van der Waals surface area (Å²) in [7, 11) is 0. The molecule has 2 heterocycles. The van der Waals surface area contributed by atoms with Gasteiger partial charge in [0.2, 0.25) is 5.91 Å². The Hall–Kier alpha value is -3.55. The van der Waals surface area contributed by atoms with E-state index in [2.05, 4.69) is 10.3 Å². The van der Waals surface area contributed by atoms with Crippen LogP contribution in [0, 0.1) is 0 Å². The van der Waals surface area contributed by atoms with Gasteiger partial charge in [-0.25, -0.2) is 4.79 Å². The molecule has 0 spiro atoms. The summed E-state index contributed by atoms with van der Waals surface area (Å²) in [5.41, 5.74) is 1.27. The van der Waals surface area contributed by atoms with Crippen molar-refractivity contribution in [3.05, 3.63) is 66.0 Å². The van der Waals surface area contributed by atoms with Gasteiger partial charge in [0.1, 0.15) is 6.04 Å². The molecule has 3 rings (SSSR count). The Kier molecular flexibility index (Phi) is 7.48. The molecule has 0 radical (unpaired) electrons. The number of aliphatic carboxylic acids is 1. The molecular weight excluding hydrogens is 398 g/mol. The zero-order chi connectivity index (χ0) is 22.2. The van der Waals surface area contributed by atoms with Gasteiger partial charge in [-0.3, -0.25) is 19.4 Å². The van der Waals surface area contributed by atoms with Crippen molar-refractivity contribution < 1.29 is 24.3 Å². The van der Waals surface area contributed by atoms with Crippen LogP contribution >= 0.6 is 0 Å². The van der Waals surface area contributed by atoms with Crippen molar-refractivity contribution in [2.45, 2.75) is 44.2 Å². The topological polar surface area (TPSA) is 117 Å². The summed E-state index contributed by atoms with van der Waals surface area (Å²) < 4.78 is 0. The van der Waals surface area contributed by atoms with Crippen molar-refractivity contribution in [2.75, 3.05) is 6.54 Å². The van der Waals surface area contributed by atoms with Gasteiger partial charge >= 0.3 is 5.97 Å². The Morgan fingerprint density at radius 2 is 1.77 bits per heavy atom. The highest BCUT2D eigenvalue weighted by molar-refractivity contribution is 5.98. The molecule has 1 aliphatic rings. The van der Waals surface area contributed by atoms with Crippen molar-refractivity contribution in [1.29, 1.82) is 0 Å². The standard InChI is InChI=1S/C23H25N3O5/c27-20(8-9-21(28)26-14-4-7-19(26)23(30)31)18(15-16-5-2-1-3-6-16)25-22(29)17-10-12-24-13-11-17/h1-3,5-6,10-13,18-19H,4,7-9,14-15H2,(H,25,29)(H,30,31)/t18?,19-/m0/s1. The van der Waals surface area contributed by atoms with Gasteiger partial charge in [-0.2, -0.15) is 0 Å². The molecule has 0 bridgehead atoms. The molecule has 8 nitrogen and oxygen atoms in total. The number of benzene rings is 1. The van der Waals surface area contributed by atoms with Gasteiger partial charge in [0.05, 0.1) is 6.04 Å². The number of nitrogens with one attached hydrogen (secondary N) is 1. The van der Waals surface area contributed by atoms with E-state index in [4.69, 9.17) is 0 Å². The number of aromatic nitrogens is 1. The zero-order valence-electron chi connectivity index (χ0n) is 17.1. The number of ketones is 1. The number of nitrogens with zero attached hydrogens (tertiary/aromatic N) is 2. The predicted molar refractivity (Wildman–Crippen MR) is 112 cm³/mol. The number of amides is 2. The first-order chi connectivity index (χ1) is 15.0. The number of carboxylic acids is 1. The van der Waals surface area contributed by atoms with Gasteiger partial charge in [-0.1, -0.05) is 30.3 Å². The number of carbonyl (C=O) groups excluding carboxylic acids is 3. The molecule has 1 unspecified atom stereocenters. The lowest BCUT2D eigenvalue weighted by Gasteiger charge is -2.22. The van der Waals surface area contributed by atoms with E-state index in [1.54, 1.807) is 12.1 Å². The molecule has 2 N–H and O–H groups in total. The summed E-state index contributed by atoms with van der Waals surface area (Å²) in [4.78, 5) is 54.5. The molecule has 8 heteroatoms. The minimum absolute atomic E-state index is 0.0736. The van der Waals surface area contributed by atoms with E-state index in [-0.39, 0.29) is 24.5 Å². The third kappa shape index (κ3) is 5.97. The molecule has 1 saturated heterocycles. The lowest BCUT2D eigenvalue weighted by molar-refractivity contribution is -0.148. The third-order valence-electron chi connectivity index (χ3n) is 5.36. The van der Waals surface area contributed by atoms with Gasteiger partial charge in [-0.05, 0) is 37.0 Å². The molecule has 162 valence electrons. The molecule has 1 aromatic heterocycles. The fourth-order valence-electron chi connectivity index (χ4n) is 3.71. The van der Waals surface area contributed by atoms with Crippen LogP contribution < -0.4 is 5.32 Å². The van der Waals surface area contributed by atoms with Crippen LogP contribution in [0.25, 0.3) is 0 Å². The number of carboxylic acid groups (broad SMARTS) is 1. The highest BCUT2D eigenvalue weighted by Gasteiger charge is 2.34. The average molecular weight is 423 g/mol. The van der Waals surface area contributed by atoms with Gasteiger partial charge in [-0.15, -0.1) is 0 Å².